The van der Waals surface area contributed by atoms with Crippen LogP contribution >= 0.6 is 57.9 Å². The van der Waals surface area contributed by atoms with Crippen LogP contribution in [-0.2, 0) is 0 Å². The molecule has 2 rings (SSSR count). The Morgan fingerprint density at radius 3 is 2.43 bits per heavy atom. The van der Waals surface area contributed by atoms with Gasteiger partial charge >= 0.3 is 0 Å². The molecule has 0 spiro atoms. The summed E-state index contributed by atoms with van der Waals surface area (Å²) in [5.41, 5.74) is 1.15. The summed E-state index contributed by atoms with van der Waals surface area (Å²) in [6, 6.07) is 11.3. The number of nitrogens with one attached hydrogen (secondary N) is 1. The maximum absolute atomic E-state index is 12.1. The number of thiophene rings is 1. The monoisotopic (exact) mass is 379 g/mol. The fourth-order valence-electron chi connectivity index (χ4n) is 1.53. The molecule has 0 aliphatic rings. The van der Waals surface area contributed by atoms with E-state index in [1.807, 2.05) is 36.6 Å². The molecule has 0 fully saturated rings. The number of rotatable bonds is 4. The van der Waals surface area contributed by atoms with Crippen LogP contribution in [0.1, 0.15) is 15.2 Å². The highest BCUT2D eigenvalue weighted by Crippen LogP contribution is 2.39. The predicted molar refractivity (Wildman–Crippen MR) is 92.9 cm³/mol. The molecule has 1 atom stereocenters. The zero-order valence-electron chi connectivity index (χ0n) is 11.0. The van der Waals surface area contributed by atoms with Gasteiger partial charge in [-0.2, -0.15) is 0 Å². The minimum atomic E-state index is -1.61. The van der Waals surface area contributed by atoms with Crippen LogP contribution in [-0.4, -0.2) is 15.1 Å². The van der Waals surface area contributed by atoms with Crippen LogP contribution in [0, 0.1) is 6.92 Å². The molecule has 2 aromatic rings. The van der Waals surface area contributed by atoms with Crippen molar-refractivity contribution < 1.29 is 4.79 Å². The second kappa shape index (κ2) is 7.25. The van der Waals surface area contributed by atoms with Crippen molar-refractivity contribution in [3.8, 4) is 0 Å². The quantitative estimate of drug-likeness (QED) is 0.444. The van der Waals surface area contributed by atoms with Crippen LogP contribution in [0.25, 0.3) is 0 Å². The van der Waals surface area contributed by atoms with E-state index >= 15 is 0 Å². The highest BCUT2D eigenvalue weighted by Gasteiger charge is 2.35. The van der Waals surface area contributed by atoms with Crippen molar-refractivity contribution in [2.75, 3.05) is 0 Å². The van der Waals surface area contributed by atoms with E-state index in [-0.39, 0.29) is 5.91 Å². The number of aryl methyl sites for hydroxylation is 1. The minimum absolute atomic E-state index is 0.249. The lowest BCUT2D eigenvalue weighted by atomic mass is 10.2. The standard InChI is InChI=1S/C14H12Cl3NOS2/c1-9-4-6-10(7-5-9)21-13(14(15,16)17)18-12(19)11-3-2-8-20-11/h2-8,13H,1H3,(H,18,19)/t13-/m0/s1. The van der Waals surface area contributed by atoms with Crippen LogP contribution in [0.3, 0.4) is 0 Å². The smallest absolute Gasteiger partial charge is 0.262 e. The first-order valence-corrected chi connectivity index (χ1v) is 8.90. The van der Waals surface area contributed by atoms with Gasteiger partial charge in [0.2, 0.25) is 3.79 Å². The van der Waals surface area contributed by atoms with Gasteiger partial charge in [0.15, 0.2) is 0 Å². The summed E-state index contributed by atoms with van der Waals surface area (Å²) >= 11 is 20.6. The van der Waals surface area contributed by atoms with Gasteiger partial charge in [0, 0.05) is 4.90 Å². The average molecular weight is 381 g/mol. The van der Waals surface area contributed by atoms with Gasteiger partial charge in [-0.3, -0.25) is 4.79 Å². The molecule has 1 amide bonds. The van der Waals surface area contributed by atoms with Crippen LogP contribution in [0.15, 0.2) is 46.7 Å². The number of halogens is 3. The maximum atomic E-state index is 12.1. The van der Waals surface area contributed by atoms with E-state index in [0.717, 1.165) is 10.5 Å². The van der Waals surface area contributed by atoms with E-state index < -0.39 is 9.17 Å². The molecular weight excluding hydrogens is 369 g/mol. The fraction of sp³-hybridized carbons (Fsp3) is 0.214. The Balaban J connectivity index is 2.12. The number of hydrogen-bond donors (Lipinski definition) is 1. The van der Waals surface area contributed by atoms with Gasteiger partial charge in [0.05, 0.1) is 4.88 Å². The van der Waals surface area contributed by atoms with Crippen molar-refractivity contribution in [1.29, 1.82) is 0 Å². The number of thioether (sulfide) groups is 1. The van der Waals surface area contributed by atoms with Crippen molar-refractivity contribution in [2.45, 2.75) is 21.0 Å². The molecule has 0 saturated heterocycles. The summed E-state index contributed by atoms with van der Waals surface area (Å²) in [7, 11) is 0. The summed E-state index contributed by atoms with van der Waals surface area (Å²) in [6.45, 7) is 2.00. The number of benzene rings is 1. The second-order valence-electron chi connectivity index (χ2n) is 4.30. The van der Waals surface area contributed by atoms with E-state index in [1.165, 1.54) is 23.1 Å². The SMILES string of the molecule is Cc1ccc(S[C@H](NC(=O)c2cccs2)C(Cl)(Cl)Cl)cc1. The third-order valence-electron chi connectivity index (χ3n) is 2.58. The molecule has 0 radical (unpaired) electrons. The number of amides is 1. The Labute approximate surface area is 146 Å². The molecule has 2 nitrogen and oxygen atoms in total. The minimum Gasteiger partial charge on any atom is -0.335 e. The van der Waals surface area contributed by atoms with Crippen LogP contribution in [0.5, 0.6) is 0 Å². The molecule has 0 unspecified atom stereocenters. The van der Waals surface area contributed by atoms with E-state index in [1.54, 1.807) is 12.1 Å². The highest BCUT2D eigenvalue weighted by atomic mass is 35.6. The zero-order valence-corrected chi connectivity index (χ0v) is 14.9. The van der Waals surface area contributed by atoms with E-state index in [2.05, 4.69) is 5.32 Å². The number of carbonyl (C=O) groups is 1. The van der Waals surface area contributed by atoms with Crippen molar-refractivity contribution >= 4 is 63.8 Å². The van der Waals surface area contributed by atoms with Gasteiger partial charge in [-0.1, -0.05) is 70.3 Å². The highest BCUT2D eigenvalue weighted by molar-refractivity contribution is 8.00. The first-order chi connectivity index (χ1) is 9.86. The molecule has 0 saturated carbocycles. The largest absolute Gasteiger partial charge is 0.335 e. The van der Waals surface area contributed by atoms with Crippen molar-refractivity contribution in [3.05, 3.63) is 52.2 Å². The third-order valence-corrected chi connectivity index (χ3v) is 5.74. The number of hydrogen-bond acceptors (Lipinski definition) is 3. The first-order valence-electron chi connectivity index (χ1n) is 6.00. The van der Waals surface area contributed by atoms with Crippen LogP contribution in [0.4, 0.5) is 0 Å². The lowest BCUT2D eigenvalue weighted by molar-refractivity contribution is 0.0954. The molecule has 7 heteroatoms. The molecule has 0 bridgehead atoms. The van der Waals surface area contributed by atoms with Gasteiger partial charge in [-0.15, -0.1) is 11.3 Å². The molecule has 0 aliphatic carbocycles. The fourth-order valence-corrected chi connectivity index (χ4v) is 3.59. The average Bonchev–Trinajstić information content (AvgIpc) is 2.93. The Hall–Kier alpha value is -0.390. The molecule has 1 heterocycles. The third kappa shape index (κ3) is 5.08. The summed E-state index contributed by atoms with van der Waals surface area (Å²) < 4.78 is -1.61. The van der Waals surface area contributed by atoms with E-state index in [0.29, 0.717) is 4.88 Å². The summed E-state index contributed by atoms with van der Waals surface area (Å²) in [6.07, 6.45) is 0. The summed E-state index contributed by atoms with van der Waals surface area (Å²) in [5.74, 6) is -0.249. The molecule has 1 aromatic heterocycles. The molecule has 1 N–H and O–H groups in total. The summed E-state index contributed by atoms with van der Waals surface area (Å²) in [5, 5.41) is 3.91. The summed E-state index contributed by atoms with van der Waals surface area (Å²) in [4.78, 5) is 13.6. The number of carbonyl (C=O) groups excluding carboxylic acids is 1. The first kappa shape index (κ1) is 17.0. The molecule has 112 valence electrons. The Morgan fingerprint density at radius 2 is 1.90 bits per heavy atom. The lowest BCUT2D eigenvalue weighted by Crippen LogP contribution is -2.41. The molecule has 1 aromatic carbocycles. The van der Waals surface area contributed by atoms with Gasteiger partial charge in [-0.05, 0) is 30.5 Å². The van der Waals surface area contributed by atoms with Gasteiger partial charge in [-0.25, -0.2) is 0 Å². The maximum Gasteiger partial charge on any atom is 0.262 e. The topological polar surface area (TPSA) is 29.1 Å². The number of alkyl halides is 3. The van der Waals surface area contributed by atoms with Crippen LogP contribution in [0.2, 0.25) is 0 Å². The van der Waals surface area contributed by atoms with Gasteiger partial charge < -0.3 is 5.32 Å². The predicted octanol–water partition coefficient (Wildman–Crippen LogP) is 5.27. The Kier molecular flexibility index (Phi) is 5.86. The van der Waals surface area contributed by atoms with Gasteiger partial charge in [0.1, 0.15) is 5.37 Å². The Morgan fingerprint density at radius 1 is 1.24 bits per heavy atom. The molecular formula is C14H12Cl3NOS2. The zero-order chi connectivity index (χ0) is 15.5. The molecule has 0 aliphatic heterocycles. The lowest BCUT2D eigenvalue weighted by Gasteiger charge is -2.24. The van der Waals surface area contributed by atoms with Crippen molar-refractivity contribution in [2.24, 2.45) is 0 Å². The Bertz CT molecular complexity index is 594. The van der Waals surface area contributed by atoms with Crippen molar-refractivity contribution in [3.63, 3.8) is 0 Å². The second-order valence-corrected chi connectivity index (χ2v) is 8.80. The van der Waals surface area contributed by atoms with E-state index in [9.17, 15) is 4.79 Å². The van der Waals surface area contributed by atoms with E-state index in [4.69, 9.17) is 34.8 Å². The van der Waals surface area contributed by atoms with Crippen LogP contribution < -0.4 is 5.32 Å². The van der Waals surface area contributed by atoms with Gasteiger partial charge in [0.25, 0.3) is 5.91 Å². The molecule has 21 heavy (non-hydrogen) atoms. The normalized spacial score (nSPS) is 13.0. The van der Waals surface area contributed by atoms with Crippen molar-refractivity contribution in [1.82, 2.24) is 5.32 Å².